The Morgan fingerprint density at radius 3 is 2.33 bits per heavy atom. The summed E-state index contributed by atoms with van der Waals surface area (Å²) in [6.07, 6.45) is 0. The largest absolute Gasteiger partial charge is 0.326 e. The topological polar surface area (TPSA) is 99.5 Å². The molecule has 0 aliphatic carbocycles. The van der Waals surface area contributed by atoms with Crippen molar-refractivity contribution in [3.8, 4) is 6.07 Å². The van der Waals surface area contributed by atoms with Crippen LogP contribution in [0.5, 0.6) is 0 Å². The first-order valence-electron chi connectivity index (χ1n) is 6.37. The second-order valence-corrected chi connectivity index (χ2v) is 4.85. The van der Waals surface area contributed by atoms with Crippen molar-refractivity contribution in [2.75, 3.05) is 0 Å². The van der Waals surface area contributed by atoms with Crippen LogP contribution in [0.3, 0.4) is 0 Å². The molecule has 0 saturated carbocycles. The number of carbonyl (C=O) groups is 1. The van der Waals surface area contributed by atoms with Crippen LogP contribution in [0.2, 0.25) is 0 Å². The van der Waals surface area contributed by atoms with Gasteiger partial charge in [-0.25, -0.2) is 9.97 Å². The number of hydrogen-bond donors (Lipinski definition) is 1. The van der Waals surface area contributed by atoms with Crippen LogP contribution < -0.4 is 5.56 Å². The molecule has 21 heavy (non-hydrogen) atoms. The van der Waals surface area contributed by atoms with E-state index in [0.29, 0.717) is 17.1 Å². The molecule has 2 rings (SSSR count). The number of rotatable bonds is 3. The van der Waals surface area contributed by atoms with Gasteiger partial charge in [0.2, 0.25) is 5.56 Å². The van der Waals surface area contributed by atoms with Crippen LogP contribution in [0.1, 0.15) is 39.2 Å². The standard InChI is InChI=1S/C15H14N4O2/c1-8-4-9(2)19-15(18-8)12(7-16)14(21)11-5-10(3)17-13(20)6-11/h4-6,12H,1-3H3,(H,17,20)/t12-/m0/s1. The van der Waals surface area contributed by atoms with E-state index >= 15 is 0 Å². The molecular weight excluding hydrogens is 268 g/mol. The second kappa shape index (κ2) is 5.67. The van der Waals surface area contributed by atoms with Crippen LogP contribution in [0, 0.1) is 32.1 Å². The Bertz CT molecular complexity index is 782. The quantitative estimate of drug-likeness (QED) is 0.861. The lowest BCUT2D eigenvalue weighted by Gasteiger charge is -2.09. The van der Waals surface area contributed by atoms with Gasteiger partial charge in [0.1, 0.15) is 0 Å². The molecule has 1 atom stereocenters. The summed E-state index contributed by atoms with van der Waals surface area (Å²) in [5.41, 5.74) is 1.74. The van der Waals surface area contributed by atoms with Crippen molar-refractivity contribution in [1.82, 2.24) is 15.0 Å². The average molecular weight is 282 g/mol. The number of pyridine rings is 1. The van der Waals surface area contributed by atoms with Gasteiger partial charge in [0.05, 0.1) is 6.07 Å². The Hall–Kier alpha value is -2.81. The van der Waals surface area contributed by atoms with E-state index in [2.05, 4.69) is 15.0 Å². The van der Waals surface area contributed by atoms with Crippen molar-refractivity contribution >= 4 is 5.78 Å². The van der Waals surface area contributed by atoms with Crippen molar-refractivity contribution in [3.63, 3.8) is 0 Å². The van der Waals surface area contributed by atoms with E-state index in [1.54, 1.807) is 26.8 Å². The van der Waals surface area contributed by atoms with E-state index < -0.39 is 11.7 Å². The smallest absolute Gasteiger partial charge is 0.248 e. The van der Waals surface area contributed by atoms with E-state index in [1.807, 2.05) is 6.07 Å². The average Bonchev–Trinajstić information content (AvgIpc) is 2.37. The normalized spacial score (nSPS) is 11.7. The summed E-state index contributed by atoms with van der Waals surface area (Å²) in [4.78, 5) is 34.8. The molecule has 0 spiro atoms. The van der Waals surface area contributed by atoms with Gasteiger partial charge in [-0.15, -0.1) is 0 Å². The summed E-state index contributed by atoms with van der Waals surface area (Å²) >= 11 is 0. The Labute approximate surface area is 121 Å². The number of ketones is 1. The maximum Gasteiger partial charge on any atom is 0.248 e. The van der Waals surface area contributed by atoms with Crippen LogP contribution in [0.25, 0.3) is 0 Å². The Morgan fingerprint density at radius 1 is 1.19 bits per heavy atom. The van der Waals surface area contributed by atoms with E-state index in [0.717, 1.165) is 0 Å². The minimum atomic E-state index is -1.12. The molecule has 0 aliphatic rings. The summed E-state index contributed by atoms with van der Waals surface area (Å²) in [5.74, 6) is -1.43. The van der Waals surface area contributed by atoms with Crippen LogP contribution >= 0.6 is 0 Å². The molecule has 1 N–H and O–H groups in total. The highest BCUT2D eigenvalue weighted by Crippen LogP contribution is 2.17. The van der Waals surface area contributed by atoms with Crippen molar-refractivity contribution in [3.05, 3.63) is 57.0 Å². The van der Waals surface area contributed by atoms with E-state index in [4.69, 9.17) is 0 Å². The van der Waals surface area contributed by atoms with Crippen LogP contribution in [-0.2, 0) is 0 Å². The van der Waals surface area contributed by atoms with Gasteiger partial charge in [0, 0.05) is 28.7 Å². The third-order valence-corrected chi connectivity index (χ3v) is 2.91. The highest BCUT2D eigenvalue weighted by molar-refractivity contribution is 6.02. The highest BCUT2D eigenvalue weighted by atomic mass is 16.1. The van der Waals surface area contributed by atoms with Crippen molar-refractivity contribution < 1.29 is 4.79 Å². The molecule has 0 saturated heterocycles. The molecule has 0 amide bonds. The molecule has 0 unspecified atom stereocenters. The summed E-state index contributed by atoms with van der Waals surface area (Å²) in [5, 5.41) is 9.29. The number of nitrogens with zero attached hydrogens (tertiary/aromatic N) is 3. The zero-order valence-electron chi connectivity index (χ0n) is 12.0. The number of Topliss-reactive ketones (excluding diaryl/α,β-unsaturated/α-hetero) is 1. The molecule has 0 aromatic carbocycles. The summed E-state index contributed by atoms with van der Waals surface area (Å²) in [6, 6.07) is 6.41. The monoisotopic (exact) mass is 282 g/mol. The lowest BCUT2D eigenvalue weighted by Crippen LogP contribution is -2.18. The van der Waals surface area contributed by atoms with Gasteiger partial charge >= 0.3 is 0 Å². The Balaban J connectivity index is 2.48. The molecule has 0 fully saturated rings. The number of carbonyl (C=O) groups excluding carboxylic acids is 1. The van der Waals surface area contributed by atoms with Gasteiger partial charge in [-0.1, -0.05) is 0 Å². The van der Waals surface area contributed by atoms with E-state index in [-0.39, 0.29) is 16.9 Å². The predicted octanol–water partition coefficient (Wildman–Crippen LogP) is 1.58. The molecule has 0 radical (unpaired) electrons. The lowest BCUT2D eigenvalue weighted by atomic mass is 9.98. The fraction of sp³-hybridized carbons (Fsp3) is 0.267. The van der Waals surface area contributed by atoms with Crippen molar-refractivity contribution in [2.24, 2.45) is 0 Å². The molecule has 2 aromatic rings. The lowest BCUT2D eigenvalue weighted by molar-refractivity contribution is 0.0976. The fourth-order valence-corrected chi connectivity index (χ4v) is 2.11. The summed E-state index contributed by atoms with van der Waals surface area (Å²) in [6.45, 7) is 5.22. The van der Waals surface area contributed by atoms with Gasteiger partial charge in [-0.2, -0.15) is 5.26 Å². The van der Waals surface area contributed by atoms with Crippen molar-refractivity contribution in [1.29, 1.82) is 5.26 Å². The fourth-order valence-electron chi connectivity index (χ4n) is 2.11. The molecule has 2 heterocycles. The number of H-pyrrole nitrogens is 1. The number of aromatic amines is 1. The van der Waals surface area contributed by atoms with Gasteiger partial charge in [-0.3, -0.25) is 9.59 Å². The number of nitriles is 1. The molecule has 6 nitrogen and oxygen atoms in total. The Kier molecular flexibility index (Phi) is 3.94. The van der Waals surface area contributed by atoms with Crippen LogP contribution in [0.4, 0.5) is 0 Å². The maximum absolute atomic E-state index is 12.4. The van der Waals surface area contributed by atoms with Crippen molar-refractivity contribution in [2.45, 2.75) is 26.7 Å². The Morgan fingerprint density at radius 2 is 1.81 bits per heavy atom. The minimum absolute atomic E-state index is 0.165. The van der Waals surface area contributed by atoms with E-state index in [1.165, 1.54) is 12.1 Å². The van der Waals surface area contributed by atoms with Gasteiger partial charge in [0.25, 0.3) is 0 Å². The van der Waals surface area contributed by atoms with Gasteiger partial charge < -0.3 is 4.98 Å². The van der Waals surface area contributed by atoms with E-state index in [9.17, 15) is 14.9 Å². The minimum Gasteiger partial charge on any atom is -0.326 e. The summed E-state index contributed by atoms with van der Waals surface area (Å²) in [7, 11) is 0. The second-order valence-electron chi connectivity index (χ2n) is 4.85. The zero-order chi connectivity index (χ0) is 15.6. The molecule has 2 aromatic heterocycles. The highest BCUT2D eigenvalue weighted by Gasteiger charge is 2.25. The first kappa shape index (κ1) is 14.6. The maximum atomic E-state index is 12.4. The summed E-state index contributed by atoms with van der Waals surface area (Å²) < 4.78 is 0. The molecule has 0 bridgehead atoms. The first-order chi connectivity index (χ1) is 9.90. The molecule has 106 valence electrons. The predicted molar refractivity (Wildman–Crippen MR) is 76.0 cm³/mol. The van der Waals surface area contributed by atoms with Gasteiger partial charge in [0.15, 0.2) is 17.5 Å². The van der Waals surface area contributed by atoms with Crippen LogP contribution in [0.15, 0.2) is 23.0 Å². The number of aryl methyl sites for hydroxylation is 3. The molecule has 6 heteroatoms. The van der Waals surface area contributed by atoms with Gasteiger partial charge in [-0.05, 0) is 32.9 Å². The SMILES string of the molecule is Cc1cc(C)nc([C@@H](C#N)C(=O)c2cc(C)[nH]c(=O)c2)n1. The number of hydrogen-bond acceptors (Lipinski definition) is 5. The third kappa shape index (κ3) is 3.20. The molecule has 0 aliphatic heterocycles. The van der Waals surface area contributed by atoms with Crippen LogP contribution in [-0.4, -0.2) is 20.7 Å². The number of nitrogens with one attached hydrogen (secondary N) is 1. The number of aromatic nitrogens is 3. The third-order valence-electron chi connectivity index (χ3n) is 2.91. The molecular formula is C15H14N4O2. The zero-order valence-corrected chi connectivity index (χ0v) is 12.0. The first-order valence-corrected chi connectivity index (χ1v) is 6.37.